The quantitative estimate of drug-likeness (QED) is 0.611. The van der Waals surface area contributed by atoms with E-state index in [4.69, 9.17) is 5.73 Å². The maximum absolute atomic E-state index is 12.9. The highest BCUT2D eigenvalue weighted by Gasteiger charge is 2.41. The molecule has 1 saturated carbocycles. The molecular formula is C26H39N3O3. The van der Waals surface area contributed by atoms with Gasteiger partial charge in [-0.2, -0.15) is 0 Å². The minimum Gasteiger partial charge on any atom is -0.508 e. The number of amides is 2. The summed E-state index contributed by atoms with van der Waals surface area (Å²) in [5.74, 6) is 1.13. The van der Waals surface area contributed by atoms with E-state index in [0.717, 1.165) is 32.5 Å². The fourth-order valence-electron chi connectivity index (χ4n) is 6.31. The molecule has 1 aromatic carbocycles. The molecule has 0 radical (unpaired) electrons. The molecule has 2 saturated heterocycles. The third-order valence-electron chi connectivity index (χ3n) is 8.00. The first-order valence-electron chi connectivity index (χ1n) is 12.6. The van der Waals surface area contributed by atoms with Crippen LogP contribution in [0.25, 0.3) is 0 Å². The number of hydrogen-bond donors (Lipinski definition) is 2. The monoisotopic (exact) mass is 441 g/mol. The maximum atomic E-state index is 12.9. The number of phenols is 1. The smallest absolute Gasteiger partial charge is 0.223 e. The number of nitrogens with zero attached hydrogens (tertiary/aromatic N) is 2. The van der Waals surface area contributed by atoms with Gasteiger partial charge in [0, 0.05) is 44.6 Å². The Morgan fingerprint density at radius 3 is 2.41 bits per heavy atom. The van der Waals surface area contributed by atoms with Crippen LogP contribution in [-0.4, -0.2) is 58.4 Å². The molecule has 1 aromatic rings. The number of hydrogen-bond acceptors (Lipinski definition) is 4. The van der Waals surface area contributed by atoms with Crippen LogP contribution in [0.2, 0.25) is 0 Å². The second kappa shape index (κ2) is 10.7. The van der Waals surface area contributed by atoms with Gasteiger partial charge in [0.1, 0.15) is 5.75 Å². The van der Waals surface area contributed by atoms with Crippen molar-refractivity contribution in [3.05, 3.63) is 29.8 Å². The van der Waals surface area contributed by atoms with Crippen molar-refractivity contribution < 1.29 is 14.7 Å². The van der Waals surface area contributed by atoms with E-state index in [1.54, 1.807) is 6.07 Å². The Kier molecular flexibility index (Phi) is 7.71. The summed E-state index contributed by atoms with van der Waals surface area (Å²) >= 11 is 0. The summed E-state index contributed by atoms with van der Waals surface area (Å²) in [5.41, 5.74) is 6.55. The summed E-state index contributed by atoms with van der Waals surface area (Å²) < 4.78 is 0. The molecule has 2 aliphatic heterocycles. The first-order valence-corrected chi connectivity index (χ1v) is 12.6. The summed E-state index contributed by atoms with van der Waals surface area (Å²) in [6, 6.07) is 8.85. The predicted molar refractivity (Wildman–Crippen MR) is 125 cm³/mol. The standard InChI is InChI=1S/C26H39N3O3/c27-25(31)11-12-26(32)28(18-19-5-2-1-3-6-19)13-14-29-22-9-10-23(29)16-21(15-22)20-7-4-8-24(30)17-20/h4,7-8,17,19,21-23,30H,1-3,5-6,9-16,18H2,(H2,27,31). The van der Waals surface area contributed by atoms with Gasteiger partial charge in [0.25, 0.3) is 0 Å². The highest BCUT2D eigenvalue weighted by atomic mass is 16.3. The molecule has 1 aliphatic carbocycles. The molecule has 2 heterocycles. The first-order chi connectivity index (χ1) is 15.5. The van der Waals surface area contributed by atoms with Crippen molar-refractivity contribution in [2.75, 3.05) is 19.6 Å². The molecule has 6 heteroatoms. The summed E-state index contributed by atoms with van der Waals surface area (Å²) in [6.07, 6.45) is 11.3. The zero-order chi connectivity index (χ0) is 22.5. The molecule has 2 bridgehead atoms. The number of aromatic hydroxyl groups is 1. The molecule has 2 amide bonds. The highest BCUT2D eigenvalue weighted by molar-refractivity contribution is 5.82. The van der Waals surface area contributed by atoms with E-state index in [0.29, 0.717) is 29.7 Å². The third-order valence-corrected chi connectivity index (χ3v) is 8.00. The van der Waals surface area contributed by atoms with E-state index in [9.17, 15) is 14.7 Å². The Labute approximate surface area is 192 Å². The molecule has 2 unspecified atom stereocenters. The number of phenolic OH excluding ortho intramolecular Hbond substituents is 1. The number of carbonyl (C=O) groups is 2. The van der Waals surface area contributed by atoms with Gasteiger partial charge in [-0.1, -0.05) is 31.4 Å². The topological polar surface area (TPSA) is 86.9 Å². The lowest BCUT2D eigenvalue weighted by molar-refractivity contribution is -0.134. The van der Waals surface area contributed by atoms with Crippen LogP contribution >= 0.6 is 0 Å². The lowest BCUT2D eigenvalue weighted by Gasteiger charge is -2.40. The Morgan fingerprint density at radius 2 is 1.75 bits per heavy atom. The maximum Gasteiger partial charge on any atom is 0.223 e. The number of carbonyl (C=O) groups excluding carboxylic acids is 2. The van der Waals surface area contributed by atoms with E-state index in [2.05, 4.69) is 11.0 Å². The van der Waals surface area contributed by atoms with Gasteiger partial charge in [0.15, 0.2) is 0 Å². The van der Waals surface area contributed by atoms with Crippen LogP contribution in [0.3, 0.4) is 0 Å². The van der Waals surface area contributed by atoms with Crippen LogP contribution in [0.1, 0.15) is 82.1 Å². The molecule has 32 heavy (non-hydrogen) atoms. The van der Waals surface area contributed by atoms with Gasteiger partial charge in [-0.3, -0.25) is 14.5 Å². The Hall–Kier alpha value is -2.08. The van der Waals surface area contributed by atoms with Gasteiger partial charge < -0.3 is 15.7 Å². The number of nitrogens with two attached hydrogens (primary N) is 1. The normalized spacial score (nSPS) is 26.2. The van der Waals surface area contributed by atoms with Gasteiger partial charge in [-0.15, -0.1) is 0 Å². The van der Waals surface area contributed by atoms with E-state index >= 15 is 0 Å². The van der Waals surface area contributed by atoms with Crippen LogP contribution in [0.4, 0.5) is 0 Å². The van der Waals surface area contributed by atoms with E-state index in [1.165, 1.54) is 50.5 Å². The number of fused-ring (bicyclic) bond motifs is 2. The van der Waals surface area contributed by atoms with Crippen molar-refractivity contribution >= 4 is 11.8 Å². The minimum absolute atomic E-state index is 0.0800. The van der Waals surface area contributed by atoms with Crippen molar-refractivity contribution in [3.8, 4) is 5.75 Å². The molecule has 3 fully saturated rings. The summed E-state index contributed by atoms with van der Waals surface area (Å²) in [7, 11) is 0. The zero-order valence-corrected chi connectivity index (χ0v) is 19.3. The molecule has 2 atom stereocenters. The molecule has 0 spiro atoms. The molecule has 6 nitrogen and oxygen atoms in total. The minimum atomic E-state index is -0.400. The number of benzene rings is 1. The Balaban J connectivity index is 1.35. The molecule has 176 valence electrons. The number of primary amides is 1. The Morgan fingerprint density at radius 1 is 1.03 bits per heavy atom. The predicted octanol–water partition coefficient (Wildman–Crippen LogP) is 3.78. The second-order valence-electron chi connectivity index (χ2n) is 10.2. The van der Waals surface area contributed by atoms with Crippen molar-refractivity contribution in [1.29, 1.82) is 0 Å². The summed E-state index contributed by atoms with van der Waals surface area (Å²) in [5, 5.41) is 9.88. The largest absolute Gasteiger partial charge is 0.508 e. The van der Waals surface area contributed by atoms with Crippen molar-refractivity contribution in [3.63, 3.8) is 0 Å². The molecule has 3 aliphatic rings. The van der Waals surface area contributed by atoms with Gasteiger partial charge in [-0.05, 0) is 68.1 Å². The van der Waals surface area contributed by atoms with Crippen molar-refractivity contribution in [1.82, 2.24) is 9.80 Å². The fraction of sp³-hybridized carbons (Fsp3) is 0.692. The van der Waals surface area contributed by atoms with Crippen molar-refractivity contribution in [2.24, 2.45) is 11.7 Å². The molecule has 3 N–H and O–H groups in total. The lowest BCUT2D eigenvalue weighted by Crippen LogP contribution is -2.47. The highest BCUT2D eigenvalue weighted by Crippen LogP contribution is 2.43. The fourth-order valence-corrected chi connectivity index (χ4v) is 6.31. The number of piperidine rings is 1. The summed E-state index contributed by atoms with van der Waals surface area (Å²) in [6.45, 7) is 2.49. The van der Waals surface area contributed by atoms with Crippen LogP contribution in [0, 0.1) is 5.92 Å². The van der Waals surface area contributed by atoms with E-state index < -0.39 is 5.91 Å². The zero-order valence-electron chi connectivity index (χ0n) is 19.3. The lowest BCUT2D eigenvalue weighted by atomic mass is 9.85. The Bertz CT molecular complexity index is 778. The van der Waals surface area contributed by atoms with Crippen LogP contribution in [0.5, 0.6) is 5.75 Å². The molecular weight excluding hydrogens is 402 g/mol. The van der Waals surface area contributed by atoms with Crippen molar-refractivity contribution in [2.45, 2.75) is 88.6 Å². The first kappa shape index (κ1) is 23.1. The average molecular weight is 442 g/mol. The second-order valence-corrected chi connectivity index (χ2v) is 10.2. The van der Waals surface area contributed by atoms with E-state index in [-0.39, 0.29) is 18.7 Å². The average Bonchev–Trinajstić information content (AvgIpc) is 3.02. The van der Waals surface area contributed by atoms with Crippen LogP contribution in [-0.2, 0) is 9.59 Å². The van der Waals surface area contributed by atoms with Gasteiger partial charge in [0.05, 0.1) is 0 Å². The SMILES string of the molecule is NC(=O)CCC(=O)N(CCN1C2CCC1CC(c1cccc(O)c1)C2)CC1CCCCC1. The van der Waals surface area contributed by atoms with E-state index in [1.807, 2.05) is 17.0 Å². The number of rotatable bonds is 9. The van der Waals surface area contributed by atoms with Crippen LogP contribution in [0.15, 0.2) is 24.3 Å². The summed E-state index contributed by atoms with van der Waals surface area (Å²) in [4.78, 5) is 28.8. The molecule has 4 rings (SSSR count). The van der Waals surface area contributed by atoms with Gasteiger partial charge in [0.2, 0.25) is 11.8 Å². The molecule has 0 aromatic heterocycles. The van der Waals surface area contributed by atoms with Gasteiger partial charge in [-0.25, -0.2) is 0 Å². The third kappa shape index (κ3) is 5.83. The van der Waals surface area contributed by atoms with Crippen LogP contribution < -0.4 is 5.73 Å². The van der Waals surface area contributed by atoms with Gasteiger partial charge >= 0.3 is 0 Å².